The average molecular weight is 558 g/mol. The summed E-state index contributed by atoms with van der Waals surface area (Å²) in [5, 5.41) is 22.7. The van der Waals surface area contributed by atoms with Crippen molar-refractivity contribution >= 4 is 39.2 Å². The van der Waals surface area contributed by atoms with Gasteiger partial charge in [-0.05, 0) is 74.3 Å². The molecule has 0 spiro atoms. The highest BCUT2D eigenvalue weighted by molar-refractivity contribution is 7.89. The Balaban J connectivity index is 1.56. The fourth-order valence-electron chi connectivity index (χ4n) is 4.85. The van der Waals surface area contributed by atoms with Crippen molar-refractivity contribution in [1.82, 2.24) is 9.62 Å². The van der Waals surface area contributed by atoms with E-state index >= 15 is 0 Å². The number of hydrogen-bond acceptors (Lipinski definition) is 5. The van der Waals surface area contributed by atoms with E-state index in [2.05, 4.69) is 43.4 Å². The van der Waals surface area contributed by atoms with Gasteiger partial charge < -0.3 is 15.5 Å². The number of fused-ring (bicyclic) bond motifs is 1. The van der Waals surface area contributed by atoms with Gasteiger partial charge in [-0.2, -0.15) is 4.31 Å². The van der Waals surface area contributed by atoms with E-state index in [1.165, 1.54) is 30.3 Å². The molecule has 2 aromatic rings. The van der Waals surface area contributed by atoms with E-state index in [0.717, 1.165) is 23.6 Å². The zero-order valence-corrected chi connectivity index (χ0v) is 23.1. The second-order valence-corrected chi connectivity index (χ2v) is 13.0. The molecule has 198 valence electrons. The average Bonchev–Trinajstić information content (AvgIpc) is 3.17. The van der Waals surface area contributed by atoms with Crippen LogP contribution in [0.2, 0.25) is 10.0 Å². The van der Waals surface area contributed by atoms with Crippen LogP contribution in [-0.4, -0.2) is 60.7 Å². The summed E-state index contributed by atoms with van der Waals surface area (Å²) in [6.07, 6.45) is 2.13. The molecule has 1 atom stereocenters. The number of β-amino-alcohol motifs (C(OH)–C–C–N with tert-alkyl or cyclic N) is 1. The van der Waals surface area contributed by atoms with Gasteiger partial charge in [-0.1, -0.05) is 47.5 Å². The summed E-state index contributed by atoms with van der Waals surface area (Å²) in [7, 11) is -2.72. The number of aliphatic carboxylic acids is 1. The van der Waals surface area contributed by atoms with E-state index < -0.39 is 22.1 Å². The number of aliphatic hydroxyl groups excluding tert-OH is 1. The number of nitrogens with one attached hydrogen (secondary N) is 1. The summed E-state index contributed by atoms with van der Waals surface area (Å²) in [5.41, 5.74) is 3.10. The Hall–Kier alpha value is -1.68. The van der Waals surface area contributed by atoms with Crippen LogP contribution in [-0.2, 0) is 34.1 Å². The number of halogens is 2. The molecule has 0 aromatic heterocycles. The molecule has 0 saturated heterocycles. The lowest BCUT2D eigenvalue weighted by Gasteiger charge is -2.31. The Labute approximate surface area is 223 Å². The maximum atomic E-state index is 13.2. The number of aliphatic hydroxyl groups is 1. The number of rotatable bonds is 12. The second-order valence-electron chi connectivity index (χ2n) is 10.2. The predicted octanol–water partition coefficient (Wildman–Crippen LogP) is 4.17. The molecule has 1 aliphatic carbocycles. The zero-order chi connectivity index (χ0) is 26.7. The van der Waals surface area contributed by atoms with Crippen LogP contribution in [0.15, 0.2) is 41.3 Å². The number of carboxylic acid groups (broad SMARTS) is 1. The second kappa shape index (κ2) is 11.8. The van der Waals surface area contributed by atoms with Crippen LogP contribution in [0.1, 0.15) is 43.4 Å². The van der Waals surface area contributed by atoms with E-state index in [0.29, 0.717) is 11.5 Å². The zero-order valence-electron chi connectivity index (χ0n) is 20.8. The highest BCUT2D eigenvalue weighted by Gasteiger charge is 2.31. The number of benzene rings is 2. The first-order chi connectivity index (χ1) is 16.8. The molecular weight excluding hydrogens is 523 g/mol. The van der Waals surface area contributed by atoms with Crippen molar-refractivity contribution in [3.63, 3.8) is 0 Å². The number of likely N-dealkylation sites (N-methyl/N-ethyl adjacent to an activating group) is 1. The Morgan fingerprint density at radius 2 is 1.72 bits per heavy atom. The molecule has 3 N–H and O–H groups in total. The van der Waals surface area contributed by atoms with Crippen LogP contribution in [0, 0.1) is 5.92 Å². The highest BCUT2D eigenvalue weighted by atomic mass is 35.5. The highest BCUT2D eigenvalue weighted by Crippen LogP contribution is 2.34. The summed E-state index contributed by atoms with van der Waals surface area (Å²) in [4.78, 5) is 10.6. The van der Waals surface area contributed by atoms with Crippen LogP contribution in [0.4, 0.5) is 0 Å². The van der Waals surface area contributed by atoms with E-state index in [4.69, 9.17) is 28.3 Å². The monoisotopic (exact) mass is 556 g/mol. The fraction of sp³-hybridized carbons (Fsp3) is 0.500. The van der Waals surface area contributed by atoms with E-state index in [1.807, 2.05) is 0 Å². The topological polar surface area (TPSA) is 107 Å². The lowest BCUT2D eigenvalue weighted by Crippen LogP contribution is -2.47. The molecule has 0 amide bonds. The first-order valence-electron chi connectivity index (χ1n) is 11.9. The van der Waals surface area contributed by atoms with Gasteiger partial charge >= 0.3 is 5.97 Å². The number of nitrogens with zero attached hydrogens (tertiary/aromatic N) is 1. The van der Waals surface area contributed by atoms with Gasteiger partial charge in [0, 0.05) is 32.1 Å². The normalized spacial score (nSPS) is 15.3. The molecule has 3 rings (SSSR count). The molecule has 7 nitrogen and oxygen atoms in total. The van der Waals surface area contributed by atoms with Crippen molar-refractivity contribution in [2.45, 2.75) is 62.5 Å². The Bertz CT molecular complexity index is 1150. The maximum absolute atomic E-state index is 13.2. The minimum atomic E-state index is -4.08. The molecule has 0 heterocycles. The molecule has 0 fully saturated rings. The predicted molar refractivity (Wildman–Crippen MR) is 142 cm³/mol. The van der Waals surface area contributed by atoms with Crippen molar-refractivity contribution in [3.05, 3.63) is 63.1 Å². The van der Waals surface area contributed by atoms with Gasteiger partial charge in [0.2, 0.25) is 10.0 Å². The van der Waals surface area contributed by atoms with E-state index in [1.54, 1.807) is 0 Å². The molecule has 1 unspecified atom stereocenters. The molecule has 0 aliphatic heterocycles. The quantitative estimate of drug-likeness (QED) is 0.362. The lowest BCUT2D eigenvalue weighted by molar-refractivity contribution is -0.136. The molecule has 10 heteroatoms. The van der Waals surface area contributed by atoms with Crippen LogP contribution >= 0.6 is 23.2 Å². The largest absolute Gasteiger partial charge is 0.481 e. The molecular formula is C26H34Cl2N2O5S. The van der Waals surface area contributed by atoms with Crippen LogP contribution in [0.25, 0.3) is 0 Å². The van der Waals surface area contributed by atoms with Crippen molar-refractivity contribution < 1.29 is 23.4 Å². The molecule has 0 saturated carbocycles. The summed E-state index contributed by atoms with van der Waals surface area (Å²) < 4.78 is 27.3. The van der Waals surface area contributed by atoms with Gasteiger partial charge in [-0.15, -0.1) is 0 Å². The Morgan fingerprint density at radius 3 is 2.25 bits per heavy atom. The smallest absolute Gasteiger partial charge is 0.303 e. The third-order valence-electron chi connectivity index (χ3n) is 6.57. The molecule has 0 bridgehead atoms. The minimum absolute atomic E-state index is 0.0824. The van der Waals surface area contributed by atoms with Gasteiger partial charge in [0.15, 0.2) is 0 Å². The SMILES string of the molecule is CN(CC(O)CNC(C)(C)CC1Cc2ccccc2C1)S(=O)(=O)c1c(Cl)cc(CCC(=O)O)cc1Cl. The number of sulfonamides is 1. The summed E-state index contributed by atoms with van der Waals surface area (Å²) >= 11 is 12.5. The summed E-state index contributed by atoms with van der Waals surface area (Å²) in [5.74, 6) is -0.453. The number of carbonyl (C=O) groups is 1. The van der Waals surface area contributed by atoms with Gasteiger partial charge in [0.05, 0.1) is 16.1 Å². The van der Waals surface area contributed by atoms with Gasteiger partial charge in [-0.3, -0.25) is 4.79 Å². The fourth-order valence-corrected chi connectivity index (χ4v) is 7.26. The van der Waals surface area contributed by atoms with E-state index in [9.17, 15) is 18.3 Å². The van der Waals surface area contributed by atoms with Crippen LogP contribution in [0.3, 0.4) is 0 Å². The van der Waals surface area contributed by atoms with Crippen LogP contribution in [0.5, 0.6) is 0 Å². The lowest BCUT2D eigenvalue weighted by atomic mass is 9.88. The number of carboxylic acids is 1. The standard InChI is InChI=1S/C26H34Cl2N2O5S/c1-26(2,14-18-10-19-6-4-5-7-20(19)11-18)29-15-21(31)16-30(3)36(34,35)25-22(27)12-17(13-23(25)28)8-9-24(32)33/h4-7,12-13,18,21,29,31H,8-11,14-16H2,1-3H3,(H,32,33). The number of aryl methyl sites for hydroxylation is 1. The van der Waals surface area contributed by atoms with Gasteiger partial charge in [-0.25, -0.2) is 8.42 Å². The number of hydrogen-bond donors (Lipinski definition) is 3. The van der Waals surface area contributed by atoms with E-state index in [-0.39, 0.29) is 46.4 Å². The first-order valence-corrected chi connectivity index (χ1v) is 14.1. The molecule has 2 aromatic carbocycles. The first kappa shape index (κ1) is 28.9. The third-order valence-corrected chi connectivity index (χ3v) is 9.32. The molecule has 36 heavy (non-hydrogen) atoms. The van der Waals surface area contributed by atoms with Crippen LogP contribution < -0.4 is 5.32 Å². The third kappa shape index (κ3) is 7.43. The Kier molecular flexibility index (Phi) is 9.46. The maximum Gasteiger partial charge on any atom is 0.303 e. The summed E-state index contributed by atoms with van der Waals surface area (Å²) in [6.45, 7) is 4.26. The van der Waals surface area contributed by atoms with Crippen molar-refractivity contribution in [1.29, 1.82) is 0 Å². The van der Waals surface area contributed by atoms with Gasteiger partial charge in [0.25, 0.3) is 0 Å². The molecule has 0 radical (unpaired) electrons. The molecule has 1 aliphatic rings. The Morgan fingerprint density at radius 1 is 1.17 bits per heavy atom. The van der Waals surface area contributed by atoms with Crippen molar-refractivity contribution in [3.8, 4) is 0 Å². The van der Waals surface area contributed by atoms with Crippen molar-refractivity contribution in [2.75, 3.05) is 20.1 Å². The van der Waals surface area contributed by atoms with Crippen molar-refractivity contribution in [2.24, 2.45) is 5.92 Å². The van der Waals surface area contributed by atoms with Gasteiger partial charge in [0.1, 0.15) is 4.90 Å². The minimum Gasteiger partial charge on any atom is -0.481 e. The summed E-state index contributed by atoms with van der Waals surface area (Å²) in [6, 6.07) is 11.3.